The van der Waals surface area contributed by atoms with Crippen molar-refractivity contribution >= 4 is 56.5 Å². The Morgan fingerprint density at radius 3 is 1.83 bits per heavy atom. The van der Waals surface area contributed by atoms with Gasteiger partial charge in [-0.3, -0.25) is 4.55 Å². The van der Waals surface area contributed by atoms with E-state index in [4.69, 9.17) is 46.4 Å². The molecule has 3 aromatic rings. The van der Waals surface area contributed by atoms with Crippen molar-refractivity contribution in [2.45, 2.75) is 4.75 Å². The first-order valence-corrected chi connectivity index (χ1v) is 10.8. The van der Waals surface area contributed by atoms with Crippen molar-refractivity contribution in [1.82, 2.24) is 0 Å². The summed E-state index contributed by atoms with van der Waals surface area (Å²) in [6.45, 7) is 0. The van der Waals surface area contributed by atoms with E-state index in [0.717, 1.165) is 12.1 Å². The molecule has 0 fully saturated rings. The fourth-order valence-electron chi connectivity index (χ4n) is 3.18. The van der Waals surface area contributed by atoms with Gasteiger partial charge < -0.3 is 10.2 Å². The van der Waals surface area contributed by atoms with E-state index in [9.17, 15) is 23.2 Å². The first kappa shape index (κ1) is 22.0. The van der Waals surface area contributed by atoms with Crippen molar-refractivity contribution < 1.29 is 23.2 Å². The molecule has 0 saturated heterocycles. The van der Waals surface area contributed by atoms with Gasteiger partial charge in [0.05, 0.1) is 15.1 Å². The summed E-state index contributed by atoms with van der Waals surface area (Å²) >= 11 is 24.4. The van der Waals surface area contributed by atoms with Gasteiger partial charge in [-0.05, 0) is 23.8 Å². The summed E-state index contributed by atoms with van der Waals surface area (Å²) < 4.78 is 34.0. The maximum absolute atomic E-state index is 13.0. The highest BCUT2D eigenvalue weighted by molar-refractivity contribution is 7.87. The summed E-state index contributed by atoms with van der Waals surface area (Å²) in [5, 5.41) is 20.0. The van der Waals surface area contributed by atoms with Crippen LogP contribution in [0.25, 0.3) is 0 Å². The minimum atomic E-state index is -5.08. The molecule has 0 heterocycles. The Kier molecular flexibility index (Phi) is 5.98. The smallest absolute Gasteiger partial charge is 0.283 e. The Bertz CT molecular complexity index is 1140. The number of rotatable bonds is 4. The molecule has 0 aliphatic heterocycles. The van der Waals surface area contributed by atoms with Crippen LogP contribution >= 0.6 is 46.4 Å². The SMILES string of the molecule is O=S(=O)(O)C(c1ccccc1)(c1cc(Cl)c(O)cc1O)c1cc(Cl)c(Cl)cc1Cl. The number of halogens is 4. The average Bonchev–Trinajstić information content (AvgIpc) is 2.63. The molecule has 1 atom stereocenters. The maximum Gasteiger partial charge on any atom is 0.283 e. The van der Waals surface area contributed by atoms with Crippen LogP contribution in [0.5, 0.6) is 11.5 Å². The lowest BCUT2D eigenvalue weighted by Crippen LogP contribution is -2.38. The Labute approximate surface area is 186 Å². The van der Waals surface area contributed by atoms with Crippen LogP contribution < -0.4 is 0 Å². The standard InChI is InChI=1S/C19H12Cl4O5S/c20-13-8-15(22)14(21)6-11(13)19(29(26,27)28,10-4-2-1-3-5-10)12-7-16(23)18(25)9-17(12)24/h1-9,24-25H,(H,26,27,28). The van der Waals surface area contributed by atoms with Crippen LogP contribution in [0.15, 0.2) is 54.6 Å². The number of hydrogen-bond acceptors (Lipinski definition) is 4. The molecule has 0 aromatic heterocycles. The monoisotopic (exact) mass is 492 g/mol. The maximum atomic E-state index is 13.0. The molecule has 0 amide bonds. The molecule has 29 heavy (non-hydrogen) atoms. The molecule has 3 aromatic carbocycles. The minimum absolute atomic E-state index is 0.0283. The molecular formula is C19H12Cl4O5S. The highest BCUT2D eigenvalue weighted by atomic mass is 35.5. The summed E-state index contributed by atoms with van der Waals surface area (Å²) in [4.78, 5) is 0. The number of aromatic hydroxyl groups is 2. The topological polar surface area (TPSA) is 94.8 Å². The molecule has 5 nitrogen and oxygen atoms in total. The zero-order valence-corrected chi connectivity index (χ0v) is 18.1. The highest BCUT2D eigenvalue weighted by Gasteiger charge is 2.51. The zero-order chi connectivity index (χ0) is 21.6. The van der Waals surface area contributed by atoms with Crippen LogP contribution in [0, 0.1) is 0 Å². The number of phenolic OH excluding ortho intramolecular Hbond substituents is 2. The fraction of sp³-hybridized carbons (Fsp3) is 0.0526. The van der Waals surface area contributed by atoms with Gasteiger partial charge in [0.25, 0.3) is 10.1 Å². The van der Waals surface area contributed by atoms with E-state index < -0.39 is 26.4 Å². The average molecular weight is 494 g/mol. The van der Waals surface area contributed by atoms with Crippen LogP contribution in [0.4, 0.5) is 0 Å². The van der Waals surface area contributed by atoms with Crippen molar-refractivity contribution in [2.24, 2.45) is 0 Å². The summed E-state index contributed by atoms with van der Waals surface area (Å²) in [6, 6.07) is 11.9. The Hall–Kier alpha value is -1.67. The largest absolute Gasteiger partial charge is 0.507 e. The Balaban J connectivity index is 2.62. The molecule has 0 aliphatic carbocycles. The van der Waals surface area contributed by atoms with Crippen LogP contribution in [0.2, 0.25) is 20.1 Å². The van der Waals surface area contributed by atoms with Gasteiger partial charge in [-0.2, -0.15) is 8.42 Å². The van der Waals surface area contributed by atoms with E-state index in [1.807, 2.05) is 0 Å². The van der Waals surface area contributed by atoms with Crippen molar-refractivity contribution in [3.63, 3.8) is 0 Å². The Morgan fingerprint density at radius 1 is 0.690 bits per heavy atom. The van der Waals surface area contributed by atoms with Gasteiger partial charge in [0.1, 0.15) is 11.5 Å². The first-order chi connectivity index (χ1) is 13.5. The molecule has 152 valence electrons. The zero-order valence-electron chi connectivity index (χ0n) is 14.3. The van der Waals surface area contributed by atoms with E-state index in [1.54, 1.807) is 18.2 Å². The van der Waals surface area contributed by atoms with Crippen molar-refractivity contribution in [1.29, 1.82) is 0 Å². The van der Waals surface area contributed by atoms with Gasteiger partial charge >= 0.3 is 0 Å². The third-order valence-corrected chi connectivity index (χ3v) is 7.19. The van der Waals surface area contributed by atoms with E-state index in [2.05, 4.69) is 0 Å². The summed E-state index contributed by atoms with van der Waals surface area (Å²) in [7, 11) is -5.08. The normalized spacial score (nSPS) is 13.8. The number of phenols is 2. The molecule has 10 heteroatoms. The van der Waals surface area contributed by atoms with Gasteiger partial charge in [-0.15, -0.1) is 0 Å². The molecule has 1 unspecified atom stereocenters. The predicted octanol–water partition coefficient (Wildman–Crippen LogP) is 5.89. The molecule has 0 bridgehead atoms. The van der Waals surface area contributed by atoms with Gasteiger partial charge in [0.15, 0.2) is 4.75 Å². The molecule has 0 saturated carbocycles. The van der Waals surface area contributed by atoms with E-state index in [-0.39, 0.29) is 36.8 Å². The lowest BCUT2D eigenvalue weighted by molar-refractivity contribution is 0.431. The molecule has 0 radical (unpaired) electrons. The Morgan fingerprint density at radius 2 is 1.24 bits per heavy atom. The van der Waals surface area contributed by atoms with Crippen molar-refractivity contribution in [3.8, 4) is 11.5 Å². The lowest BCUT2D eigenvalue weighted by atomic mass is 9.83. The van der Waals surface area contributed by atoms with Crippen molar-refractivity contribution in [2.75, 3.05) is 0 Å². The number of benzene rings is 3. The second-order valence-corrected chi connectivity index (χ2v) is 9.28. The summed E-state index contributed by atoms with van der Waals surface area (Å²) in [5.74, 6) is -1.12. The highest BCUT2D eigenvalue weighted by Crippen LogP contribution is 2.51. The van der Waals surface area contributed by atoms with Crippen LogP contribution in [-0.4, -0.2) is 23.2 Å². The van der Waals surface area contributed by atoms with E-state index >= 15 is 0 Å². The van der Waals surface area contributed by atoms with Crippen LogP contribution in [-0.2, 0) is 14.9 Å². The molecule has 3 rings (SSSR count). The third-order valence-electron chi connectivity index (χ3n) is 4.40. The third kappa shape index (κ3) is 3.65. The van der Waals surface area contributed by atoms with Gasteiger partial charge in [-0.1, -0.05) is 76.7 Å². The first-order valence-electron chi connectivity index (χ1n) is 7.89. The van der Waals surface area contributed by atoms with E-state index in [1.165, 1.54) is 24.3 Å². The molecule has 3 N–H and O–H groups in total. The second-order valence-electron chi connectivity index (χ2n) is 6.09. The molecule has 0 spiro atoms. The van der Waals surface area contributed by atoms with Crippen molar-refractivity contribution in [3.05, 3.63) is 91.4 Å². The summed E-state index contributed by atoms with van der Waals surface area (Å²) in [5.41, 5.74) is -0.464. The fourth-order valence-corrected chi connectivity index (χ4v) is 5.41. The van der Waals surface area contributed by atoms with E-state index in [0.29, 0.717) is 0 Å². The summed E-state index contributed by atoms with van der Waals surface area (Å²) in [6.07, 6.45) is 0. The van der Waals surface area contributed by atoms with Gasteiger partial charge in [-0.25, -0.2) is 0 Å². The molecule has 0 aliphatic rings. The van der Waals surface area contributed by atoms with Crippen LogP contribution in [0.3, 0.4) is 0 Å². The second kappa shape index (κ2) is 7.87. The van der Waals surface area contributed by atoms with Gasteiger partial charge in [0.2, 0.25) is 0 Å². The number of hydrogen-bond donors (Lipinski definition) is 3. The molecular weight excluding hydrogens is 482 g/mol. The lowest BCUT2D eigenvalue weighted by Gasteiger charge is -2.34. The van der Waals surface area contributed by atoms with Gasteiger partial charge in [0, 0.05) is 22.2 Å². The quantitative estimate of drug-likeness (QED) is 0.239. The minimum Gasteiger partial charge on any atom is -0.507 e. The van der Waals surface area contributed by atoms with Crippen LogP contribution in [0.1, 0.15) is 16.7 Å². The predicted molar refractivity (Wildman–Crippen MR) is 114 cm³/mol.